The van der Waals surface area contributed by atoms with Crippen LogP contribution in [0.25, 0.3) is 0 Å². The van der Waals surface area contributed by atoms with E-state index in [1.54, 1.807) is 20.8 Å². The van der Waals surface area contributed by atoms with E-state index in [0.717, 1.165) is 6.07 Å². The average molecular weight is 354 g/mol. The minimum atomic E-state index is -4.82. The lowest BCUT2D eigenvalue weighted by molar-refractivity contribution is -0.384. The fourth-order valence-electron chi connectivity index (χ4n) is 1.71. The Balaban J connectivity index is 3.05. The Morgan fingerprint density at radius 3 is 2.30 bits per heavy atom. The van der Waals surface area contributed by atoms with Crippen LogP contribution >= 0.6 is 11.6 Å². The number of alkyl halides is 3. The van der Waals surface area contributed by atoms with Crippen molar-refractivity contribution in [2.45, 2.75) is 32.5 Å². The number of anilines is 1. The first kappa shape index (κ1) is 19.0. The van der Waals surface area contributed by atoms with Crippen LogP contribution in [0.1, 0.15) is 26.3 Å². The van der Waals surface area contributed by atoms with Gasteiger partial charge in [0.25, 0.3) is 5.69 Å². The van der Waals surface area contributed by atoms with Gasteiger partial charge in [0, 0.05) is 11.6 Å². The number of rotatable bonds is 4. The van der Waals surface area contributed by atoms with Crippen LogP contribution < -0.4 is 10.6 Å². The third kappa shape index (κ3) is 5.59. The van der Waals surface area contributed by atoms with Crippen molar-refractivity contribution in [3.05, 3.63) is 32.8 Å². The fraction of sp³-hybridized carbons (Fsp3) is 0.462. The SMILES string of the molecule is CC(C)(C)NC(=O)CNc1cc(Cl)c(C(F)(F)F)cc1[N+](=O)[O-]. The monoisotopic (exact) mass is 353 g/mol. The molecule has 0 aliphatic heterocycles. The van der Waals surface area contributed by atoms with Crippen molar-refractivity contribution < 1.29 is 22.9 Å². The van der Waals surface area contributed by atoms with Crippen molar-refractivity contribution in [1.29, 1.82) is 0 Å². The second-order valence-electron chi connectivity index (χ2n) is 5.76. The van der Waals surface area contributed by atoms with Crippen molar-refractivity contribution in [2.75, 3.05) is 11.9 Å². The Morgan fingerprint density at radius 1 is 1.30 bits per heavy atom. The van der Waals surface area contributed by atoms with Crippen LogP contribution in [0.5, 0.6) is 0 Å². The van der Waals surface area contributed by atoms with Gasteiger partial charge in [-0.2, -0.15) is 13.2 Å². The van der Waals surface area contributed by atoms with Crippen molar-refractivity contribution in [2.24, 2.45) is 0 Å². The Hall–Kier alpha value is -2.03. The van der Waals surface area contributed by atoms with Gasteiger partial charge in [0.15, 0.2) is 0 Å². The standard InChI is InChI=1S/C13H15ClF3N3O3/c1-12(2,3)19-11(21)6-18-9-5-8(14)7(13(15,16)17)4-10(9)20(22)23/h4-5,18H,6H2,1-3H3,(H,19,21). The predicted octanol–water partition coefficient (Wildman–Crippen LogP) is 3.59. The molecular formula is C13H15ClF3N3O3. The van der Waals surface area contributed by atoms with Crippen LogP contribution in [0.4, 0.5) is 24.5 Å². The summed E-state index contributed by atoms with van der Waals surface area (Å²) in [5.74, 6) is -0.470. The van der Waals surface area contributed by atoms with E-state index in [1.165, 1.54) is 0 Å². The molecule has 1 aromatic rings. The molecule has 0 unspecified atom stereocenters. The summed E-state index contributed by atoms with van der Waals surface area (Å²) in [5, 5.41) is 15.3. The largest absolute Gasteiger partial charge is 0.418 e. The molecule has 0 aromatic heterocycles. The molecule has 0 spiro atoms. The summed E-state index contributed by atoms with van der Waals surface area (Å²) >= 11 is 5.53. The van der Waals surface area contributed by atoms with Gasteiger partial charge in [0.05, 0.1) is 22.1 Å². The molecule has 0 saturated heterocycles. The second kappa shape index (κ2) is 6.61. The third-order valence-corrected chi connectivity index (χ3v) is 2.85. The number of nitrogens with one attached hydrogen (secondary N) is 2. The first-order valence-electron chi connectivity index (χ1n) is 6.41. The molecule has 0 bridgehead atoms. The van der Waals surface area contributed by atoms with E-state index in [2.05, 4.69) is 10.6 Å². The normalized spacial score (nSPS) is 12.0. The highest BCUT2D eigenvalue weighted by Gasteiger charge is 2.36. The molecule has 1 rings (SSSR count). The van der Waals surface area contributed by atoms with Crippen LogP contribution in [0.2, 0.25) is 5.02 Å². The van der Waals surface area contributed by atoms with Crippen molar-refractivity contribution in [3.8, 4) is 0 Å². The highest BCUT2D eigenvalue weighted by atomic mass is 35.5. The molecule has 6 nitrogen and oxygen atoms in total. The Labute approximate surface area is 135 Å². The summed E-state index contributed by atoms with van der Waals surface area (Å²) in [5.41, 5.74) is -2.90. The Kier molecular flexibility index (Phi) is 5.47. The lowest BCUT2D eigenvalue weighted by Gasteiger charge is -2.20. The molecule has 0 heterocycles. The minimum Gasteiger partial charge on any atom is -0.371 e. The highest BCUT2D eigenvalue weighted by molar-refractivity contribution is 6.31. The van der Waals surface area contributed by atoms with Crippen LogP contribution in [-0.4, -0.2) is 22.9 Å². The van der Waals surface area contributed by atoms with E-state index >= 15 is 0 Å². The van der Waals surface area contributed by atoms with E-state index in [4.69, 9.17) is 11.6 Å². The van der Waals surface area contributed by atoms with Crippen molar-refractivity contribution in [3.63, 3.8) is 0 Å². The van der Waals surface area contributed by atoms with E-state index in [0.29, 0.717) is 6.07 Å². The smallest absolute Gasteiger partial charge is 0.371 e. The zero-order chi connectivity index (χ0) is 18.0. The number of benzene rings is 1. The average Bonchev–Trinajstić information content (AvgIpc) is 2.32. The maximum absolute atomic E-state index is 12.7. The number of nitrogens with zero attached hydrogens (tertiary/aromatic N) is 1. The first-order chi connectivity index (χ1) is 10.3. The maximum atomic E-state index is 12.7. The zero-order valence-electron chi connectivity index (χ0n) is 12.5. The van der Waals surface area contributed by atoms with Gasteiger partial charge in [0.1, 0.15) is 5.69 Å². The van der Waals surface area contributed by atoms with Crippen LogP contribution in [0.3, 0.4) is 0 Å². The van der Waals surface area contributed by atoms with Gasteiger partial charge < -0.3 is 10.6 Å². The number of nitro groups is 1. The van der Waals surface area contributed by atoms with Gasteiger partial charge in [-0.05, 0) is 26.8 Å². The molecule has 0 aliphatic carbocycles. The predicted molar refractivity (Wildman–Crippen MR) is 79.5 cm³/mol. The molecule has 1 amide bonds. The molecule has 0 radical (unpaired) electrons. The molecule has 128 valence electrons. The summed E-state index contributed by atoms with van der Waals surface area (Å²) in [7, 11) is 0. The number of halogens is 4. The van der Waals surface area contributed by atoms with Crippen molar-refractivity contribution in [1.82, 2.24) is 5.32 Å². The van der Waals surface area contributed by atoms with Gasteiger partial charge in [-0.3, -0.25) is 14.9 Å². The molecular weight excluding hydrogens is 339 g/mol. The number of amides is 1. The second-order valence-corrected chi connectivity index (χ2v) is 6.16. The summed E-state index contributed by atoms with van der Waals surface area (Å²) in [6, 6.07) is 1.12. The molecule has 10 heteroatoms. The van der Waals surface area contributed by atoms with Crippen LogP contribution in [0.15, 0.2) is 12.1 Å². The van der Waals surface area contributed by atoms with Crippen molar-refractivity contribution >= 4 is 28.9 Å². The summed E-state index contributed by atoms with van der Waals surface area (Å²) in [6.45, 7) is 4.87. The third-order valence-electron chi connectivity index (χ3n) is 2.54. The summed E-state index contributed by atoms with van der Waals surface area (Å²) in [6.07, 6.45) is -4.82. The van der Waals surface area contributed by atoms with Gasteiger partial charge in [0.2, 0.25) is 5.91 Å². The van der Waals surface area contributed by atoms with E-state index in [1.807, 2.05) is 0 Å². The first-order valence-corrected chi connectivity index (χ1v) is 6.79. The molecule has 1 aromatic carbocycles. The maximum Gasteiger partial charge on any atom is 0.418 e. The number of hydrogen-bond donors (Lipinski definition) is 2. The topological polar surface area (TPSA) is 84.3 Å². The number of hydrogen-bond acceptors (Lipinski definition) is 4. The summed E-state index contributed by atoms with van der Waals surface area (Å²) in [4.78, 5) is 21.6. The number of carbonyl (C=O) groups excluding carboxylic acids is 1. The molecule has 0 atom stereocenters. The molecule has 23 heavy (non-hydrogen) atoms. The zero-order valence-corrected chi connectivity index (χ0v) is 13.3. The number of carbonyl (C=O) groups is 1. The Morgan fingerprint density at radius 2 is 1.87 bits per heavy atom. The van der Waals surface area contributed by atoms with Crippen LogP contribution in [-0.2, 0) is 11.0 Å². The lowest BCUT2D eigenvalue weighted by Crippen LogP contribution is -2.43. The molecule has 2 N–H and O–H groups in total. The van der Waals surface area contributed by atoms with Gasteiger partial charge in [-0.15, -0.1) is 0 Å². The van der Waals surface area contributed by atoms with E-state index < -0.39 is 38.8 Å². The van der Waals surface area contributed by atoms with E-state index in [9.17, 15) is 28.1 Å². The molecule has 0 aliphatic rings. The fourth-order valence-corrected chi connectivity index (χ4v) is 1.98. The number of nitro benzene ring substituents is 1. The molecule has 0 saturated carbocycles. The van der Waals surface area contributed by atoms with Gasteiger partial charge in [-0.25, -0.2) is 0 Å². The van der Waals surface area contributed by atoms with Crippen LogP contribution in [0, 0.1) is 10.1 Å². The van der Waals surface area contributed by atoms with Gasteiger partial charge in [-0.1, -0.05) is 11.6 Å². The highest BCUT2D eigenvalue weighted by Crippen LogP contribution is 2.40. The van der Waals surface area contributed by atoms with E-state index in [-0.39, 0.29) is 12.2 Å². The molecule has 0 fully saturated rings. The Bertz CT molecular complexity index is 627. The van der Waals surface area contributed by atoms with Gasteiger partial charge >= 0.3 is 6.18 Å². The lowest BCUT2D eigenvalue weighted by atomic mass is 10.1. The summed E-state index contributed by atoms with van der Waals surface area (Å²) < 4.78 is 38.2. The minimum absolute atomic E-state index is 0.267. The quantitative estimate of drug-likeness (QED) is 0.640.